The van der Waals surface area contributed by atoms with Crippen molar-refractivity contribution >= 4 is 29.9 Å². The SMILES string of the molecule is COc1ccccc1NC(=O)C1CCN(C(=O)C2CC23CCNCC3)CC1.Cl. The second-order valence-electron chi connectivity index (χ2n) is 8.16. The molecule has 2 heterocycles. The van der Waals surface area contributed by atoms with E-state index in [1.54, 1.807) is 7.11 Å². The van der Waals surface area contributed by atoms with Crippen molar-refractivity contribution in [3.8, 4) is 5.75 Å². The number of ether oxygens (including phenoxy) is 1. The maximum atomic E-state index is 12.9. The number of nitrogens with one attached hydrogen (secondary N) is 2. The zero-order valence-corrected chi connectivity index (χ0v) is 17.2. The smallest absolute Gasteiger partial charge is 0.227 e. The first kappa shape index (κ1) is 20.9. The van der Waals surface area contributed by atoms with Crippen LogP contribution in [0.5, 0.6) is 5.75 Å². The number of piperidine rings is 2. The van der Waals surface area contributed by atoms with Crippen molar-refractivity contribution in [2.24, 2.45) is 17.3 Å². The summed E-state index contributed by atoms with van der Waals surface area (Å²) in [5.74, 6) is 1.18. The van der Waals surface area contributed by atoms with E-state index >= 15 is 0 Å². The van der Waals surface area contributed by atoms with Gasteiger partial charge in [-0.1, -0.05) is 12.1 Å². The van der Waals surface area contributed by atoms with Gasteiger partial charge in [0, 0.05) is 24.9 Å². The van der Waals surface area contributed by atoms with E-state index in [1.165, 1.54) is 0 Å². The molecule has 1 aliphatic carbocycles. The fourth-order valence-electron chi connectivity index (χ4n) is 4.74. The largest absolute Gasteiger partial charge is 0.495 e. The average molecular weight is 408 g/mol. The Balaban J connectivity index is 0.00000225. The van der Waals surface area contributed by atoms with Gasteiger partial charge in [0.05, 0.1) is 12.8 Å². The number of amides is 2. The van der Waals surface area contributed by atoms with E-state index < -0.39 is 0 Å². The van der Waals surface area contributed by atoms with Gasteiger partial charge in [-0.2, -0.15) is 0 Å². The highest BCUT2D eigenvalue weighted by atomic mass is 35.5. The lowest BCUT2D eigenvalue weighted by atomic mass is 9.90. The first-order valence-electron chi connectivity index (χ1n) is 10.1. The summed E-state index contributed by atoms with van der Waals surface area (Å²) >= 11 is 0. The quantitative estimate of drug-likeness (QED) is 0.805. The average Bonchev–Trinajstić information content (AvgIpc) is 3.41. The lowest BCUT2D eigenvalue weighted by Gasteiger charge is -2.33. The van der Waals surface area contributed by atoms with Crippen LogP contribution < -0.4 is 15.4 Å². The Morgan fingerprint density at radius 3 is 2.54 bits per heavy atom. The van der Waals surface area contributed by atoms with Crippen LogP contribution in [0.3, 0.4) is 0 Å². The van der Waals surface area contributed by atoms with Crippen LogP contribution >= 0.6 is 12.4 Å². The number of benzene rings is 1. The summed E-state index contributed by atoms with van der Waals surface area (Å²) in [6.45, 7) is 3.45. The number of methoxy groups -OCH3 is 1. The molecule has 7 heteroatoms. The normalized spacial score (nSPS) is 23.6. The Bertz CT molecular complexity index is 713. The highest BCUT2D eigenvalue weighted by Gasteiger charge is 2.58. The number of carbonyl (C=O) groups is 2. The Morgan fingerprint density at radius 2 is 1.86 bits per heavy atom. The van der Waals surface area contributed by atoms with Crippen molar-refractivity contribution < 1.29 is 14.3 Å². The second kappa shape index (κ2) is 8.70. The molecular formula is C21H30ClN3O3. The molecular weight excluding hydrogens is 378 g/mol. The van der Waals surface area contributed by atoms with E-state index in [9.17, 15) is 9.59 Å². The molecule has 2 amide bonds. The standard InChI is InChI=1S/C21H29N3O3.ClH/c1-27-18-5-3-2-4-17(18)23-19(25)15-6-12-24(13-7-15)20(26)16-14-21(16)8-10-22-11-9-21;/h2-5,15-16,22H,6-14H2,1H3,(H,23,25);1H. The minimum Gasteiger partial charge on any atom is -0.495 e. The van der Waals surface area contributed by atoms with E-state index in [0.29, 0.717) is 30.4 Å². The van der Waals surface area contributed by atoms with Crippen LogP contribution in [-0.2, 0) is 9.59 Å². The van der Waals surface area contributed by atoms with Gasteiger partial charge in [-0.15, -0.1) is 12.4 Å². The Labute approximate surface area is 172 Å². The molecule has 3 fully saturated rings. The van der Waals surface area contributed by atoms with Crippen molar-refractivity contribution in [3.63, 3.8) is 0 Å². The van der Waals surface area contributed by atoms with Crippen LogP contribution in [0, 0.1) is 17.3 Å². The number of para-hydroxylation sites is 2. The van der Waals surface area contributed by atoms with Gasteiger partial charge in [0.25, 0.3) is 0 Å². The highest BCUT2D eigenvalue weighted by Crippen LogP contribution is 2.59. The number of halogens is 1. The minimum absolute atomic E-state index is 0. The third-order valence-electron chi connectivity index (χ3n) is 6.63. The molecule has 154 valence electrons. The Morgan fingerprint density at radius 1 is 1.18 bits per heavy atom. The maximum Gasteiger partial charge on any atom is 0.227 e. The molecule has 2 saturated heterocycles. The molecule has 3 aliphatic rings. The monoisotopic (exact) mass is 407 g/mol. The van der Waals surface area contributed by atoms with Crippen molar-refractivity contribution in [2.75, 3.05) is 38.6 Å². The number of likely N-dealkylation sites (tertiary alicyclic amines) is 1. The summed E-state index contributed by atoms with van der Waals surface area (Å²) in [6.07, 6.45) is 4.77. The fourth-order valence-corrected chi connectivity index (χ4v) is 4.74. The summed E-state index contributed by atoms with van der Waals surface area (Å²) in [6, 6.07) is 7.45. The van der Waals surface area contributed by atoms with E-state index in [1.807, 2.05) is 29.2 Å². The van der Waals surface area contributed by atoms with E-state index in [2.05, 4.69) is 10.6 Å². The van der Waals surface area contributed by atoms with Gasteiger partial charge in [-0.3, -0.25) is 9.59 Å². The molecule has 0 bridgehead atoms. The fraction of sp³-hybridized carbons (Fsp3) is 0.619. The molecule has 6 nitrogen and oxygen atoms in total. The molecule has 2 aliphatic heterocycles. The Kier molecular flexibility index (Phi) is 6.50. The number of carbonyl (C=O) groups excluding carboxylic acids is 2. The number of nitrogens with zero attached hydrogens (tertiary/aromatic N) is 1. The lowest BCUT2D eigenvalue weighted by molar-refractivity contribution is -0.136. The first-order chi connectivity index (χ1) is 13.1. The van der Waals surface area contributed by atoms with Crippen LogP contribution in [-0.4, -0.2) is 50.0 Å². The third-order valence-corrected chi connectivity index (χ3v) is 6.63. The molecule has 0 aromatic heterocycles. The molecule has 1 spiro atoms. The van der Waals surface area contributed by atoms with Crippen LogP contribution in [0.4, 0.5) is 5.69 Å². The van der Waals surface area contributed by atoms with Crippen molar-refractivity contribution in [2.45, 2.75) is 32.1 Å². The molecule has 1 aromatic rings. The van der Waals surface area contributed by atoms with Crippen LogP contribution in [0.15, 0.2) is 24.3 Å². The van der Waals surface area contributed by atoms with Gasteiger partial charge in [0.15, 0.2) is 0 Å². The molecule has 4 rings (SSSR count). The molecule has 2 N–H and O–H groups in total. The summed E-state index contributed by atoms with van der Waals surface area (Å²) in [5, 5.41) is 6.37. The van der Waals surface area contributed by atoms with Gasteiger partial charge in [0.2, 0.25) is 11.8 Å². The van der Waals surface area contributed by atoms with Crippen molar-refractivity contribution in [3.05, 3.63) is 24.3 Å². The van der Waals surface area contributed by atoms with Gasteiger partial charge in [-0.05, 0) is 62.7 Å². The zero-order valence-electron chi connectivity index (χ0n) is 16.4. The number of anilines is 1. The number of hydrogen-bond donors (Lipinski definition) is 2. The van der Waals surface area contributed by atoms with Gasteiger partial charge in [0.1, 0.15) is 5.75 Å². The molecule has 1 saturated carbocycles. The van der Waals surface area contributed by atoms with Crippen LogP contribution in [0.25, 0.3) is 0 Å². The van der Waals surface area contributed by atoms with Crippen molar-refractivity contribution in [1.82, 2.24) is 10.2 Å². The maximum absolute atomic E-state index is 12.9. The van der Waals surface area contributed by atoms with E-state index in [0.717, 1.165) is 45.2 Å². The zero-order chi connectivity index (χ0) is 18.9. The van der Waals surface area contributed by atoms with Gasteiger partial charge >= 0.3 is 0 Å². The topological polar surface area (TPSA) is 70.7 Å². The molecule has 1 atom stereocenters. The summed E-state index contributed by atoms with van der Waals surface area (Å²) in [5.41, 5.74) is 0.981. The van der Waals surface area contributed by atoms with Crippen molar-refractivity contribution in [1.29, 1.82) is 0 Å². The number of hydrogen-bond acceptors (Lipinski definition) is 4. The molecule has 1 aromatic carbocycles. The molecule has 1 unspecified atom stereocenters. The summed E-state index contributed by atoms with van der Waals surface area (Å²) in [4.78, 5) is 27.5. The van der Waals surface area contributed by atoms with E-state index in [-0.39, 0.29) is 35.6 Å². The summed E-state index contributed by atoms with van der Waals surface area (Å²) < 4.78 is 5.30. The summed E-state index contributed by atoms with van der Waals surface area (Å²) in [7, 11) is 1.60. The van der Waals surface area contributed by atoms with Crippen LogP contribution in [0.1, 0.15) is 32.1 Å². The molecule has 28 heavy (non-hydrogen) atoms. The lowest BCUT2D eigenvalue weighted by Crippen LogP contribution is -2.43. The van der Waals surface area contributed by atoms with Gasteiger partial charge < -0.3 is 20.3 Å². The predicted octanol–water partition coefficient (Wildman–Crippen LogP) is 2.68. The second-order valence-corrected chi connectivity index (χ2v) is 8.16. The third kappa shape index (κ3) is 4.13. The molecule has 0 radical (unpaired) electrons. The van der Waals surface area contributed by atoms with Gasteiger partial charge in [-0.25, -0.2) is 0 Å². The van der Waals surface area contributed by atoms with E-state index in [4.69, 9.17) is 4.74 Å². The highest BCUT2D eigenvalue weighted by molar-refractivity contribution is 5.94. The minimum atomic E-state index is -0.0500. The predicted molar refractivity (Wildman–Crippen MR) is 111 cm³/mol. The first-order valence-corrected chi connectivity index (χ1v) is 10.1. The Hall–Kier alpha value is -1.79. The number of rotatable bonds is 4. The van der Waals surface area contributed by atoms with Crippen LogP contribution in [0.2, 0.25) is 0 Å².